The highest BCUT2D eigenvalue weighted by Gasteiger charge is 2.29. The summed E-state index contributed by atoms with van der Waals surface area (Å²) in [5.74, 6) is 0.975. The number of hydrogen-bond acceptors (Lipinski definition) is 4. The summed E-state index contributed by atoms with van der Waals surface area (Å²) in [6, 6.07) is 3.23. The first kappa shape index (κ1) is 16.5. The molecule has 1 aliphatic carbocycles. The second-order valence-corrected chi connectivity index (χ2v) is 7.63. The molecule has 0 aromatic carbocycles. The SMILES string of the molecule is CC(C)NCc1cc(CN(C)C2CCC(C)(C)CC2)on1. The van der Waals surface area contributed by atoms with Crippen LogP contribution in [-0.4, -0.2) is 29.2 Å². The topological polar surface area (TPSA) is 41.3 Å². The Kier molecular flexibility index (Phi) is 5.44. The molecule has 0 spiro atoms. The van der Waals surface area contributed by atoms with E-state index in [1.165, 1.54) is 25.7 Å². The molecule has 1 aliphatic rings. The predicted octanol–water partition coefficient (Wildman–Crippen LogP) is 3.57. The average Bonchev–Trinajstić information content (AvgIpc) is 2.83. The third-order valence-corrected chi connectivity index (χ3v) is 4.64. The van der Waals surface area contributed by atoms with Crippen LogP contribution in [0.1, 0.15) is 64.8 Å². The van der Waals surface area contributed by atoms with Crippen LogP contribution in [0.25, 0.3) is 0 Å². The van der Waals surface area contributed by atoms with E-state index in [4.69, 9.17) is 4.52 Å². The maximum absolute atomic E-state index is 5.47. The normalized spacial score (nSPS) is 19.6. The fourth-order valence-corrected chi connectivity index (χ4v) is 3.02. The standard InChI is InChI=1S/C17H31N3O/c1-13(2)18-11-14-10-16(21-19-14)12-20(5)15-6-8-17(3,4)9-7-15/h10,13,15,18H,6-9,11-12H2,1-5H3. The lowest BCUT2D eigenvalue weighted by molar-refractivity contribution is 0.115. The summed E-state index contributed by atoms with van der Waals surface area (Å²) < 4.78 is 5.47. The van der Waals surface area contributed by atoms with Crippen LogP contribution in [0.5, 0.6) is 0 Å². The molecular weight excluding hydrogens is 262 g/mol. The predicted molar refractivity (Wildman–Crippen MR) is 86.0 cm³/mol. The minimum atomic E-state index is 0.471. The molecule has 0 atom stereocenters. The molecule has 1 fully saturated rings. The molecule has 1 N–H and O–H groups in total. The minimum absolute atomic E-state index is 0.471. The average molecular weight is 293 g/mol. The van der Waals surface area contributed by atoms with Crippen molar-refractivity contribution in [1.29, 1.82) is 0 Å². The number of rotatable bonds is 6. The van der Waals surface area contributed by atoms with Gasteiger partial charge in [-0.25, -0.2) is 0 Å². The summed E-state index contributed by atoms with van der Waals surface area (Å²) in [5.41, 5.74) is 1.52. The van der Waals surface area contributed by atoms with Gasteiger partial charge in [0.25, 0.3) is 0 Å². The van der Waals surface area contributed by atoms with Crippen molar-refractivity contribution in [2.75, 3.05) is 7.05 Å². The zero-order valence-electron chi connectivity index (χ0n) is 14.3. The molecule has 1 heterocycles. The molecule has 0 bridgehead atoms. The third-order valence-electron chi connectivity index (χ3n) is 4.64. The minimum Gasteiger partial charge on any atom is -0.360 e. The summed E-state index contributed by atoms with van der Waals surface area (Å²) in [5, 5.41) is 7.51. The Labute approximate surface area is 129 Å². The summed E-state index contributed by atoms with van der Waals surface area (Å²) in [6.45, 7) is 10.7. The number of nitrogens with zero attached hydrogens (tertiary/aromatic N) is 2. The highest BCUT2D eigenvalue weighted by molar-refractivity contribution is 5.05. The van der Waals surface area contributed by atoms with E-state index in [-0.39, 0.29) is 0 Å². The molecule has 0 unspecified atom stereocenters. The third kappa shape index (κ3) is 5.11. The summed E-state index contributed by atoms with van der Waals surface area (Å²) in [7, 11) is 2.21. The molecule has 4 nitrogen and oxygen atoms in total. The molecule has 0 saturated heterocycles. The summed E-state index contributed by atoms with van der Waals surface area (Å²) in [6.07, 6.45) is 5.22. The van der Waals surface area contributed by atoms with Crippen LogP contribution in [0.15, 0.2) is 10.6 Å². The van der Waals surface area contributed by atoms with Crippen molar-refractivity contribution in [2.45, 2.75) is 78.6 Å². The molecule has 1 aromatic rings. The molecule has 2 rings (SSSR count). The van der Waals surface area contributed by atoms with Crippen LogP contribution in [-0.2, 0) is 13.1 Å². The molecule has 0 aliphatic heterocycles. The highest BCUT2D eigenvalue weighted by atomic mass is 16.5. The van der Waals surface area contributed by atoms with Gasteiger partial charge in [0, 0.05) is 24.7 Å². The fraction of sp³-hybridized carbons (Fsp3) is 0.824. The van der Waals surface area contributed by atoms with Crippen molar-refractivity contribution in [2.24, 2.45) is 5.41 Å². The van der Waals surface area contributed by atoms with E-state index in [1.54, 1.807) is 0 Å². The molecule has 1 saturated carbocycles. The first-order valence-electron chi connectivity index (χ1n) is 8.24. The number of nitrogens with one attached hydrogen (secondary N) is 1. The van der Waals surface area contributed by atoms with Gasteiger partial charge in [-0.1, -0.05) is 32.9 Å². The monoisotopic (exact) mass is 293 g/mol. The molecule has 1 aromatic heterocycles. The van der Waals surface area contributed by atoms with Crippen molar-refractivity contribution in [3.05, 3.63) is 17.5 Å². The maximum Gasteiger partial charge on any atom is 0.151 e. The van der Waals surface area contributed by atoms with E-state index in [9.17, 15) is 0 Å². The van der Waals surface area contributed by atoms with Gasteiger partial charge in [-0.2, -0.15) is 0 Å². The summed E-state index contributed by atoms with van der Waals surface area (Å²) >= 11 is 0. The van der Waals surface area contributed by atoms with Crippen LogP contribution < -0.4 is 5.32 Å². The van der Waals surface area contributed by atoms with E-state index in [1.807, 2.05) is 0 Å². The van der Waals surface area contributed by atoms with Crippen LogP contribution in [0.2, 0.25) is 0 Å². The Morgan fingerprint density at radius 3 is 2.67 bits per heavy atom. The Morgan fingerprint density at radius 2 is 2.05 bits per heavy atom. The second-order valence-electron chi connectivity index (χ2n) is 7.63. The van der Waals surface area contributed by atoms with Gasteiger partial charge in [0.1, 0.15) is 0 Å². The Hall–Kier alpha value is -0.870. The largest absolute Gasteiger partial charge is 0.360 e. The van der Waals surface area contributed by atoms with Gasteiger partial charge in [0.15, 0.2) is 5.76 Å². The zero-order chi connectivity index (χ0) is 15.5. The lowest BCUT2D eigenvalue weighted by atomic mass is 9.75. The van der Waals surface area contributed by atoms with Crippen molar-refractivity contribution in [1.82, 2.24) is 15.4 Å². The fourth-order valence-electron chi connectivity index (χ4n) is 3.02. The van der Waals surface area contributed by atoms with Gasteiger partial charge < -0.3 is 9.84 Å². The lowest BCUT2D eigenvalue weighted by Crippen LogP contribution is -2.36. The second kappa shape index (κ2) is 6.93. The van der Waals surface area contributed by atoms with Gasteiger partial charge in [-0.3, -0.25) is 4.90 Å². The molecule has 4 heteroatoms. The van der Waals surface area contributed by atoms with E-state index in [2.05, 4.69) is 56.2 Å². The van der Waals surface area contributed by atoms with Crippen molar-refractivity contribution >= 4 is 0 Å². The molecule has 0 amide bonds. The van der Waals surface area contributed by atoms with E-state index in [0.717, 1.165) is 24.5 Å². The van der Waals surface area contributed by atoms with Crippen molar-refractivity contribution < 1.29 is 4.52 Å². The lowest BCUT2D eigenvalue weighted by Gasteiger charge is -2.38. The highest BCUT2D eigenvalue weighted by Crippen LogP contribution is 2.36. The van der Waals surface area contributed by atoms with Crippen LogP contribution in [0.4, 0.5) is 0 Å². The summed E-state index contributed by atoms with van der Waals surface area (Å²) in [4.78, 5) is 2.43. The Balaban J connectivity index is 1.81. The zero-order valence-corrected chi connectivity index (χ0v) is 14.3. The molecular formula is C17H31N3O. The smallest absolute Gasteiger partial charge is 0.151 e. The molecule has 21 heavy (non-hydrogen) atoms. The van der Waals surface area contributed by atoms with Crippen LogP contribution in [0, 0.1) is 5.41 Å². The van der Waals surface area contributed by atoms with Crippen molar-refractivity contribution in [3.63, 3.8) is 0 Å². The quantitative estimate of drug-likeness (QED) is 0.870. The van der Waals surface area contributed by atoms with Gasteiger partial charge in [0.2, 0.25) is 0 Å². The van der Waals surface area contributed by atoms with Crippen LogP contribution in [0.3, 0.4) is 0 Å². The number of hydrogen-bond donors (Lipinski definition) is 1. The molecule has 0 radical (unpaired) electrons. The molecule has 120 valence electrons. The maximum atomic E-state index is 5.47. The Morgan fingerprint density at radius 1 is 1.38 bits per heavy atom. The number of aromatic nitrogens is 1. The van der Waals surface area contributed by atoms with Gasteiger partial charge in [-0.15, -0.1) is 0 Å². The Bertz CT molecular complexity index is 429. The van der Waals surface area contributed by atoms with E-state index < -0.39 is 0 Å². The van der Waals surface area contributed by atoms with E-state index >= 15 is 0 Å². The van der Waals surface area contributed by atoms with Crippen molar-refractivity contribution in [3.8, 4) is 0 Å². The van der Waals surface area contributed by atoms with Gasteiger partial charge in [-0.05, 0) is 38.1 Å². The first-order valence-corrected chi connectivity index (χ1v) is 8.24. The van der Waals surface area contributed by atoms with E-state index in [0.29, 0.717) is 17.5 Å². The van der Waals surface area contributed by atoms with Gasteiger partial charge in [0.05, 0.1) is 12.2 Å². The van der Waals surface area contributed by atoms with Crippen LogP contribution >= 0.6 is 0 Å². The first-order chi connectivity index (χ1) is 9.85. The van der Waals surface area contributed by atoms with Gasteiger partial charge >= 0.3 is 0 Å².